The molecular weight excluding hydrogens is 192 g/mol. The minimum absolute atomic E-state index is 0.225. The number of hydrogen-bond acceptors (Lipinski definition) is 3. The van der Waals surface area contributed by atoms with E-state index in [9.17, 15) is 4.79 Å². The van der Waals surface area contributed by atoms with Gasteiger partial charge in [0, 0.05) is 0 Å². The van der Waals surface area contributed by atoms with Crippen LogP contribution in [0.2, 0.25) is 0 Å². The second-order valence-corrected chi connectivity index (χ2v) is 4.38. The van der Waals surface area contributed by atoms with Gasteiger partial charge in [-0.05, 0) is 40.5 Å². The number of carbonyl (C=O) groups excluding carboxylic acids is 1. The molecule has 1 heterocycles. The number of rotatable bonds is 5. The number of epoxide rings is 1. The standard InChI is InChI=1S/C12H20O3/c1-5-14-11(13)10-12(4,15-10)8-6-7-9(2)3/h7,10H,5-6,8H2,1-4H3. The van der Waals surface area contributed by atoms with Crippen molar-refractivity contribution in [3.8, 4) is 0 Å². The summed E-state index contributed by atoms with van der Waals surface area (Å²) in [6.07, 6.45) is 3.65. The van der Waals surface area contributed by atoms with Crippen molar-refractivity contribution < 1.29 is 14.3 Å². The summed E-state index contributed by atoms with van der Waals surface area (Å²) < 4.78 is 10.3. The van der Waals surface area contributed by atoms with Crippen molar-refractivity contribution >= 4 is 5.97 Å². The van der Waals surface area contributed by atoms with Gasteiger partial charge in [-0.2, -0.15) is 0 Å². The Bertz CT molecular complexity index is 266. The zero-order valence-electron chi connectivity index (χ0n) is 10.0. The molecule has 1 saturated heterocycles. The second-order valence-electron chi connectivity index (χ2n) is 4.38. The predicted molar refractivity (Wildman–Crippen MR) is 58.6 cm³/mol. The first-order valence-electron chi connectivity index (χ1n) is 5.47. The van der Waals surface area contributed by atoms with E-state index in [0.717, 1.165) is 12.8 Å². The third-order valence-corrected chi connectivity index (χ3v) is 2.58. The van der Waals surface area contributed by atoms with Crippen LogP contribution in [0.3, 0.4) is 0 Å². The molecule has 86 valence electrons. The fraction of sp³-hybridized carbons (Fsp3) is 0.750. The molecule has 1 fully saturated rings. The van der Waals surface area contributed by atoms with Crippen molar-refractivity contribution in [3.05, 3.63) is 11.6 Å². The molecule has 2 unspecified atom stereocenters. The lowest BCUT2D eigenvalue weighted by Gasteiger charge is -2.03. The van der Waals surface area contributed by atoms with Gasteiger partial charge in [0.1, 0.15) is 5.60 Å². The summed E-state index contributed by atoms with van der Waals surface area (Å²) in [6, 6.07) is 0. The summed E-state index contributed by atoms with van der Waals surface area (Å²) in [5.74, 6) is -0.225. The van der Waals surface area contributed by atoms with E-state index in [0.29, 0.717) is 6.61 Å². The maximum atomic E-state index is 11.4. The molecule has 0 bridgehead atoms. The van der Waals surface area contributed by atoms with E-state index in [1.807, 2.05) is 6.92 Å². The van der Waals surface area contributed by atoms with E-state index in [1.165, 1.54) is 5.57 Å². The average molecular weight is 212 g/mol. The minimum atomic E-state index is -0.344. The third kappa shape index (κ3) is 3.34. The van der Waals surface area contributed by atoms with Crippen LogP contribution in [0, 0.1) is 0 Å². The summed E-state index contributed by atoms with van der Waals surface area (Å²) in [5, 5.41) is 0. The van der Waals surface area contributed by atoms with Crippen molar-refractivity contribution in [1.82, 2.24) is 0 Å². The van der Waals surface area contributed by atoms with E-state index in [4.69, 9.17) is 9.47 Å². The monoisotopic (exact) mass is 212 g/mol. The maximum Gasteiger partial charge on any atom is 0.338 e. The van der Waals surface area contributed by atoms with E-state index in [1.54, 1.807) is 6.92 Å². The Labute approximate surface area is 91.4 Å². The van der Waals surface area contributed by atoms with Crippen LogP contribution in [0.25, 0.3) is 0 Å². The van der Waals surface area contributed by atoms with Gasteiger partial charge in [0.2, 0.25) is 0 Å². The topological polar surface area (TPSA) is 38.8 Å². The van der Waals surface area contributed by atoms with Gasteiger partial charge in [-0.15, -0.1) is 0 Å². The number of allylic oxidation sites excluding steroid dienone is 2. The first-order valence-corrected chi connectivity index (χ1v) is 5.47. The summed E-state index contributed by atoms with van der Waals surface area (Å²) >= 11 is 0. The van der Waals surface area contributed by atoms with Gasteiger partial charge < -0.3 is 9.47 Å². The lowest BCUT2D eigenvalue weighted by Crippen LogP contribution is -2.19. The lowest BCUT2D eigenvalue weighted by molar-refractivity contribution is -0.144. The zero-order valence-corrected chi connectivity index (χ0v) is 10.0. The molecule has 15 heavy (non-hydrogen) atoms. The predicted octanol–water partition coefficient (Wildman–Crippen LogP) is 2.45. The minimum Gasteiger partial charge on any atom is -0.464 e. The van der Waals surface area contributed by atoms with E-state index in [2.05, 4.69) is 19.9 Å². The molecular formula is C12H20O3. The number of esters is 1. The SMILES string of the molecule is CCOC(=O)C1OC1(C)CCC=C(C)C. The number of hydrogen-bond donors (Lipinski definition) is 0. The Balaban J connectivity index is 2.32. The van der Waals surface area contributed by atoms with Gasteiger partial charge >= 0.3 is 5.97 Å². The molecule has 0 saturated carbocycles. The van der Waals surface area contributed by atoms with Gasteiger partial charge in [0.05, 0.1) is 6.61 Å². The average Bonchev–Trinajstić information content (AvgIpc) is 2.78. The highest BCUT2D eigenvalue weighted by Gasteiger charge is 2.57. The summed E-state index contributed by atoms with van der Waals surface area (Å²) in [7, 11) is 0. The molecule has 1 aliphatic heterocycles. The van der Waals surface area contributed by atoms with Crippen molar-refractivity contribution in [2.45, 2.75) is 52.2 Å². The quantitative estimate of drug-likeness (QED) is 0.399. The normalized spacial score (nSPS) is 28.4. The van der Waals surface area contributed by atoms with E-state index >= 15 is 0 Å². The smallest absolute Gasteiger partial charge is 0.338 e. The van der Waals surface area contributed by atoms with Crippen LogP contribution < -0.4 is 0 Å². The van der Waals surface area contributed by atoms with E-state index in [-0.39, 0.29) is 17.7 Å². The van der Waals surface area contributed by atoms with Crippen LogP contribution >= 0.6 is 0 Å². The first kappa shape index (κ1) is 12.2. The van der Waals surface area contributed by atoms with Crippen LogP contribution in [-0.4, -0.2) is 24.3 Å². The first-order chi connectivity index (χ1) is 6.99. The lowest BCUT2D eigenvalue weighted by atomic mass is 10.0. The van der Waals surface area contributed by atoms with Crippen LogP contribution in [0.5, 0.6) is 0 Å². The van der Waals surface area contributed by atoms with Gasteiger partial charge in [-0.3, -0.25) is 0 Å². The molecule has 0 aromatic carbocycles. The van der Waals surface area contributed by atoms with Crippen molar-refractivity contribution in [1.29, 1.82) is 0 Å². The largest absolute Gasteiger partial charge is 0.464 e. The van der Waals surface area contributed by atoms with Crippen molar-refractivity contribution in [2.24, 2.45) is 0 Å². The molecule has 0 amide bonds. The highest BCUT2D eigenvalue weighted by atomic mass is 16.7. The highest BCUT2D eigenvalue weighted by Crippen LogP contribution is 2.41. The summed E-state index contributed by atoms with van der Waals surface area (Å²) in [4.78, 5) is 11.4. The van der Waals surface area contributed by atoms with Crippen LogP contribution in [-0.2, 0) is 14.3 Å². The number of ether oxygens (including phenoxy) is 2. The molecule has 3 nitrogen and oxygen atoms in total. The molecule has 0 N–H and O–H groups in total. The van der Waals surface area contributed by atoms with Gasteiger partial charge in [0.15, 0.2) is 6.10 Å². The van der Waals surface area contributed by atoms with Crippen LogP contribution in [0.1, 0.15) is 40.5 Å². The molecule has 0 spiro atoms. The summed E-state index contributed by atoms with van der Waals surface area (Å²) in [5.41, 5.74) is 1.00. The van der Waals surface area contributed by atoms with Gasteiger partial charge in [0.25, 0.3) is 0 Å². The molecule has 0 radical (unpaired) electrons. The molecule has 0 aromatic heterocycles. The Morgan fingerprint density at radius 3 is 2.73 bits per heavy atom. The molecule has 1 aliphatic rings. The fourth-order valence-corrected chi connectivity index (χ4v) is 1.59. The Hall–Kier alpha value is -0.830. The molecule has 0 aliphatic carbocycles. The third-order valence-electron chi connectivity index (χ3n) is 2.58. The Kier molecular flexibility index (Phi) is 3.91. The summed E-state index contributed by atoms with van der Waals surface area (Å²) in [6.45, 7) is 8.33. The second kappa shape index (κ2) is 4.79. The van der Waals surface area contributed by atoms with Crippen LogP contribution in [0.15, 0.2) is 11.6 Å². The molecule has 0 aromatic rings. The molecule has 2 atom stereocenters. The fourth-order valence-electron chi connectivity index (χ4n) is 1.59. The molecule has 1 rings (SSSR count). The Morgan fingerprint density at radius 2 is 2.20 bits per heavy atom. The number of carbonyl (C=O) groups is 1. The van der Waals surface area contributed by atoms with Crippen LogP contribution in [0.4, 0.5) is 0 Å². The van der Waals surface area contributed by atoms with E-state index < -0.39 is 0 Å². The van der Waals surface area contributed by atoms with Crippen molar-refractivity contribution in [3.63, 3.8) is 0 Å². The zero-order chi connectivity index (χ0) is 11.5. The van der Waals surface area contributed by atoms with Gasteiger partial charge in [-0.1, -0.05) is 11.6 Å². The Morgan fingerprint density at radius 1 is 1.53 bits per heavy atom. The maximum absolute atomic E-state index is 11.4. The highest BCUT2D eigenvalue weighted by molar-refractivity contribution is 5.79. The van der Waals surface area contributed by atoms with Crippen molar-refractivity contribution in [2.75, 3.05) is 6.61 Å². The van der Waals surface area contributed by atoms with Gasteiger partial charge in [-0.25, -0.2) is 4.79 Å². The molecule has 3 heteroatoms.